The van der Waals surface area contributed by atoms with Crippen molar-refractivity contribution < 1.29 is 17.9 Å². The zero-order valence-electron chi connectivity index (χ0n) is 11.2. The van der Waals surface area contributed by atoms with Gasteiger partial charge in [0.2, 0.25) is 0 Å². The van der Waals surface area contributed by atoms with Crippen LogP contribution in [-0.2, 0) is 13.0 Å². The molecule has 0 saturated heterocycles. The van der Waals surface area contributed by atoms with Crippen LogP contribution in [0.3, 0.4) is 0 Å². The number of hydrogen-bond donors (Lipinski definition) is 2. The molecule has 2 N–H and O–H groups in total. The number of nitrogens with zero attached hydrogens (tertiary/aromatic N) is 2. The molecule has 0 amide bonds. The first kappa shape index (κ1) is 15.3. The van der Waals surface area contributed by atoms with Crippen LogP contribution in [0.4, 0.5) is 13.2 Å². The van der Waals surface area contributed by atoms with E-state index in [0.717, 1.165) is 18.7 Å². The van der Waals surface area contributed by atoms with Crippen LogP contribution in [0.1, 0.15) is 17.8 Å². The monoisotopic (exact) mass is 300 g/mol. The van der Waals surface area contributed by atoms with E-state index < -0.39 is 6.36 Å². The van der Waals surface area contributed by atoms with Crippen molar-refractivity contribution in [1.82, 2.24) is 20.5 Å². The molecule has 8 heteroatoms. The topological polar surface area (TPSA) is 62.8 Å². The summed E-state index contributed by atoms with van der Waals surface area (Å²) >= 11 is 0. The van der Waals surface area contributed by atoms with Crippen LogP contribution in [0.2, 0.25) is 0 Å². The van der Waals surface area contributed by atoms with Gasteiger partial charge >= 0.3 is 6.36 Å². The van der Waals surface area contributed by atoms with E-state index in [4.69, 9.17) is 0 Å². The molecule has 0 spiro atoms. The maximum absolute atomic E-state index is 12.3. The summed E-state index contributed by atoms with van der Waals surface area (Å²) in [6.07, 6.45) is -1.71. The van der Waals surface area contributed by atoms with Gasteiger partial charge in [-0.25, -0.2) is 4.98 Å². The minimum absolute atomic E-state index is 0.173. The molecule has 5 nitrogen and oxygen atoms in total. The van der Waals surface area contributed by atoms with Gasteiger partial charge in [0.1, 0.15) is 17.9 Å². The quantitative estimate of drug-likeness (QED) is 0.771. The van der Waals surface area contributed by atoms with Gasteiger partial charge in [-0.15, -0.1) is 13.2 Å². The number of halogens is 3. The summed E-state index contributed by atoms with van der Waals surface area (Å²) in [6.45, 7) is 0.962. The highest BCUT2D eigenvalue weighted by Crippen LogP contribution is 2.25. The molecule has 21 heavy (non-hydrogen) atoms. The molecular formula is C13H15F3N4O. The Balaban J connectivity index is 1.77. The summed E-state index contributed by atoms with van der Waals surface area (Å²) in [7, 11) is 0. The van der Waals surface area contributed by atoms with Crippen molar-refractivity contribution >= 4 is 0 Å². The molecule has 0 bridgehead atoms. The highest BCUT2D eigenvalue weighted by molar-refractivity contribution is 5.33. The first-order valence-corrected chi connectivity index (χ1v) is 6.43. The fraction of sp³-hybridized carbons (Fsp3) is 0.385. The van der Waals surface area contributed by atoms with Crippen LogP contribution in [0.15, 0.2) is 30.6 Å². The zero-order valence-corrected chi connectivity index (χ0v) is 11.2. The number of rotatable bonds is 7. The minimum Gasteiger partial charge on any atom is -0.405 e. The fourth-order valence-corrected chi connectivity index (χ4v) is 1.83. The van der Waals surface area contributed by atoms with E-state index >= 15 is 0 Å². The summed E-state index contributed by atoms with van der Waals surface area (Å²) in [6, 6.07) is 6.09. The molecule has 0 fully saturated rings. The van der Waals surface area contributed by atoms with Crippen LogP contribution in [0.25, 0.3) is 0 Å². The Kier molecular flexibility index (Phi) is 5.15. The molecule has 0 aliphatic carbocycles. The van der Waals surface area contributed by atoms with E-state index in [-0.39, 0.29) is 5.75 Å². The highest BCUT2D eigenvalue weighted by Gasteiger charge is 2.31. The molecule has 114 valence electrons. The normalized spacial score (nSPS) is 11.6. The van der Waals surface area contributed by atoms with Gasteiger partial charge in [0, 0.05) is 18.5 Å². The average molecular weight is 300 g/mol. The van der Waals surface area contributed by atoms with Crippen LogP contribution >= 0.6 is 0 Å². The first-order chi connectivity index (χ1) is 10.0. The first-order valence-electron chi connectivity index (χ1n) is 6.43. The second-order valence-corrected chi connectivity index (χ2v) is 4.37. The lowest BCUT2D eigenvalue weighted by Gasteiger charge is -2.13. The third-order valence-corrected chi connectivity index (χ3v) is 2.75. The second kappa shape index (κ2) is 7.07. The second-order valence-electron chi connectivity index (χ2n) is 4.37. The van der Waals surface area contributed by atoms with Crippen molar-refractivity contribution in [2.45, 2.75) is 25.7 Å². The Morgan fingerprint density at radius 3 is 2.76 bits per heavy atom. The number of nitrogens with one attached hydrogen (secondary N) is 2. The molecule has 0 aliphatic rings. The molecule has 2 aromatic rings. The SMILES string of the molecule is FC(F)(F)Oc1ccccc1CNCCCc1ncn[nH]1. The minimum atomic E-state index is -4.68. The van der Waals surface area contributed by atoms with Gasteiger partial charge in [-0.1, -0.05) is 18.2 Å². The van der Waals surface area contributed by atoms with Gasteiger partial charge in [-0.05, 0) is 19.0 Å². The summed E-state index contributed by atoms with van der Waals surface area (Å²) in [4.78, 5) is 3.99. The van der Waals surface area contributed by atoms with Gasteiger partial charge in [0.15, 0.2) is 0 Å². The summed E-state index contributed by atoms with van der Waals surface area (Å²) in [5.41, 5.74) is 0.467. The Bertz CT molecular complexity index is 543. The van der Waals surface area contributed by atoms with Crippen molar-refractivity contribution in [1.29, 1.82) is 0 Å². The van der Waals surface area contributed by atoms with E-state index in [2.05, 4.69) is 25.2 Å². The van der Waals surface area contributed by atoms with Gasteiger partial charge in [-0.3, -0.25) is 5.10 Å². The molecule has 0 saturated carbocycles. The molecule has 1 heterocycles. The number of aryl methyl sites for hydroxylation is 1. The number of benzene rings is 1. The third kappa shape index (κ3) is 5.42. The van der Waals surface area contributed by atoms with Crippen molar-refractivity contribution in [3.05, 3.63) is 42.0 Å². The number of aromatic nitrogens is 3. The van der Waals surface area contributed by atoms with Crippen molar-refractivity contribution in [2.24, 2.45) is 0 Å². The van der Waals surface area contributed by atoms with E-state index in [1.54, 1.807) is 12.1 Å². The number of alkyl halides is 3. The number of ether oxygens (including phenoxy) is 1. The number of aromatic amines is 1. The maximum atomic E-state index is 12.3. The van der Waals surface area contributed by atoms with Crippen molar-refractivity contribution in [3.63, 3.8) is 0 Å². The van der Waals surface area contributed by atoms with Gasteiger partial charge in [0.25, 0.3) is 0 Å². The van der Waals surface area contributed by atoms with Gasteiger partial charge in [0.05, 0.1) is 0 Å². The van der Waals surface area contributed by atoms with Crippen LogP contribution in [0.5, 0.6) is 5.75 Å². The van der Waals surface area contributed by atoms with Crippen LogP contribution < -0.4 is 10.1 Å². The number of hydrogen-bond acceptors (Lipinski definition) is 4. The molecule has 0 atom stereocenters. The highest BCUT2D eigenvalue weighted by atomic mass is 19.4. The number of para-hydroxylation sites is 1. The van der Waals surface area contributed by atoms with E-state index in [1.807, 2.05) is 0 Å². The summed E-state index contributed by atoms with van der Waals surface area (Å²) in [5, 5.41) is 9.56. The molecule has 1 aromatic heterocycles. The van der Waals surface area contributed by atoms with Crippen LogP contribution in [-0.4, -0.2) is 28.1 Å². The predicted octanol–water partition coefficient (Wildman–Crippen LogP) is 2.43. The standard InChI is InChI=1S/C13H15F3N4O/c14-13(15,16)21-11-5-2-1-4-10(11)8-17-7-3-6-12-18-9-19-20-12/h1-2,4-5,9,17H,3,6-8H2,(H,18,19,20). The van der Waals surface area contributed by atoms with E-state index in [0.29, 0.717) is 18.7 Å². The predicted molar refractivity (Wildman–Crippen MR) is 69.5 cm³/mol. The van der Waals surface area contributed by atoms with Gasteiger partial charge in [-0.2, -0.15) is 5.10 Å². The van der Waals surface area contributed by atoms with Crippen molar-refractivity contribution in [3.8, 4) is 5.75 Å². The Labute approximate surface area is 119 Å². The lowest BCUT2D eigenvalue weighted by molar-refractivity contribution is -0.274. The van der Waals surface area contributed by atoms with E-state index in [9.17, 15) is 13.2 Å². The maximum Gasteiger partial charge on any atom is 0.573 e. The molecule has 2 rings (SSSR count). The lowest BCUT2D eigenvalue weighted by atomic mass is 10.2. The summed E-state index contributed by atoms with van der Waals surface area (Å²) in [5.74, 6) is 0.616. The molecule has 0 radical (unpaired) electrons. The average Bonchev–Trinajstić information content (AvgIpc) is 2.91. The Morgan fingerprint density at radius 1 is 1.24 bits per heavy atom. The Morgan fingerprint density at radius 2 is 2.05 bits per heavy atom. The smallest absolute Gasteiger partial charge is 0.405 e. The van der Waals surface area contributed by atoms with Crippen LogP contribution in [0, 0.1) is 0 Å². The molecule has 0 aliphatic heterocycles. The van der Waals surface area contributed by atoms with Gasteiger partial charge < -0.3 is 10.1 Å². The number of H-pyrrole nitrogens is 1. The molecule has 0 unspecified atom stereocenters. The third-order valence-electron chi connectivity index (χ3n) is 2.75. The Hall–Kier alpha value is -2.09. The van der Waals surface area contributed by atoms with E-state index in [1.165, 1.54) is 18.5 Å². The van der Waals surface area contributed by atoms with Crippen molar-refractivity contribution in [2.75, 3.05) is 6.54 Å². The molecule has 1 aromatic carbocycles. The summed E-state index contributed by atoms with van der Waals surface area (Å²) < 4.78 is 40.8. The largest absolute Gasteiger partial charge is 0.573 e. The fourth-order valence-electron chi connectivity index (χ4n) is 1.83. The molecular weight excluding hydrogens is 285 g/mol. The zero-order chi connectivity index (χ0) is 15.1. The lowest BCUT2D eigenvalue weighted by Crippen LogP contribution is -2.20.